The molecule has 0 bridgehead atoms. The van der Waals surface area contributed by atoms with E-state index in [0.29, 0.717) is 17.4 Å². The molecule has 2 unspecified atom stereocenters. The van der Waals surface area contributed by atoms with Crippen LogP contribution in [0, 0.1) is 5.92 Å². The number of rotatable bonds is 3. The molecule has 0 radical (unpaired) electrons. The van der Waals surface area contributed by atoms with Crippen molar-refractivity contribution >= 4 is 49.2 Å². The van der Waals surface area contributed by atoms with Crippen molar-refractivity contribution in [2.75, 3.05) is 13.1 Å². The highest BCUT2D eigenvalue weighted by Gasteiger charge is 2.36. The standard InChI is InChI=1S/C12H14BrCl2NO3S/c1-7(17)8-2-3-16(6-8)20(18,19)12-10(14)4-9(13)5-11(12)15/h4-5,7-8,17H,2-3,6H2,1H3. The third-order valence-electron chi connectivity index (χ3n) is 3.43. The third-order valence-corrected chi connectivity index (χ3v) is 6.68. The van der Waals surface area contributed by atoms with Gasteiger partial charge in [0.1, 0.15) is 4.90 Å². The van der Waals surface area contributed by atoms with Crippen LogP contribution in [0.2, 0.25) is 10.0 Å². The minimum Gasteiger partial charge on any atom is -0.393 e. The molecule has 8 heteroatoms. The summed E-state index contributed by atoms with van der Waals surface area (Å²) in [7, 11) is -3.75. The lowest BCUT2D eigenvalue weighted by molar-refractivity contribution is 0.133. The van der Waals surface area contributed by atoms with Crippen LogP contribution in [-0.2, 0) is 10.0 Å². The fourth-order valence-electron chi connectivity index (χ4n) is 2.27. The van der Waals surface area contributed by atoms with Crippen LogP contribution in [0.4, 0.5) is 0 Å². The highest BCUT2D eigenvalue weighted by molar-refractivity contribution is 9.10. The maximum absolute atomic E-state index is 12.6. The first-order chi connectivity index (χ1) is 9.23. The number of benzene rings is 1. The van der Waals surface area contributed by atoms with E-state index >= 15 is 0 Å². The van der Waals surface area contributed by atoms with Gasteiger partial charge in [0, 0.05) is 17.6 Å². The molecule has 1 aromatic rings. The fraction of sp³-hybridized carbons (Fsp3) is 0.500. The predicted molar refractivity (Wildman–Crippen MR) is 82.7 cm³/mol. The van der Waals surface area contributed by atoms with Crippen LogP contribution in [0.1, 0.15) is 13.3 Å². The Morgan fingerprint density at radius 1 is 1.40 bits per heavy atom. The lowest BCUT2D eigenvalue weighted by Gasteiger charge is -2.19. The van der Waals surface area contributed by atoms with Crippen LogP contribution in [0.3, 0.4) is 0 Å². The normalized spacial score (nSPS) is 22.1. The molecular weight excluding hydrogens is 389 g/mol. The van der Waals surface area contributed by atoms with Gasteiger partial charge >= 0.3 is 0 Å². The van der Waals surface area contributed by atoms with Gasteiger partial charge in [-0.15, -0.1) is 0 Å². The minimum absolute atomic E-state index is 0.0576. The zero-order valence-corrected chi connectivity index (χ0v) is 14.6. The maximum atomic E-state index is 12.6. The molecule has 1 aliphatic rings. The van der Waals surface area contributed by atoms with Crippen molar-refractivity contribution in [2.45, 2.75) is 24.3 Å². The summed E-state index contributed by atoms with van der Waals surface area (Å²) >= 11 is 15.3. The summed E-state index contributed by atoms with van der Waals surface area (Å²) in [5, 5.41) is 9.75. The van der Waals surface area contributed by atoms with Gasteiger partial charge in [0.15, 0.2) is 0 Å². The summed E-state index contributed by atoms with van der Waals surface area (Å²) in [5.41, 5.74) is 0. The number of halogens is 3. The lowest BCUT2D eigenvalue weighted by Crippen LogP contribution is -2.31. The predicted octanol–water partition coefficient (Wildman–Crippen LogP) is 3.15. The molecule has 2 rings (SSSR count). The van der Waals surface area contributed by atoms with Crippen LogP contribution >= 0.6 is 39.1 Å². The molecule has 2 atom stereocenters. The number of hydrogen-bond acceptors (Lipinski definition) is 3. The Hall–Kier alpha value is 0.150. The van der Waals surface area contributed by atoms with Crippen molar-refractivity contribution < 1.29 is 13.5 Å². The molecule has 0 aliphatic carbocycles. The Morgan fingerprint density at radius 2 is 1.95 bits per heavy atom. The van der Waals surface area contributed by atoms with Gasteiger partial charge in [-0.25, -0.2) is 8.42 Å². The second-order valence-corrected chi connectivity index (χ2v) is 8.46. The molecule has 4 nitrogen and oxygen atoms in total. The van der Waals surface area contributed by atoms with Gasteiger partial charge < -0.3 is 5.11 Å². The van der Waals surface area contributed by atoms with E-state index in [1.54, 1.807) is 6.92 Å². The summed E-state index contributed by atoms with van der Waals surface area (Å²) < 4.78 is 27.2. The Balaban J connectivity index is 2.38. The molecule has 1 aliphatic heterocycles. The van der Waals surface area contributed by atoms with Gasteiger partial charge in [-0.05, 0) is 31.4 Å². The zero-order valence-electron chi connectivity index (χ0n) is 10.7. The third kappa shape index (κ3) is 3.15. The molecule has 0 spiro atoms. The second-order valence-electron chi connectivity index (χ2n) is 4.85. The van der Waals surface area contributed by atoms with Crippen LogP contribution in [0.25, 0.3) is 0 Å². The van der Waals surface area contributed by atoms with Gasteiger partial charge in [0.05, 0.1) is 16.1 Å². The van der Waals surface area contributed by atoms with E-state index in [0.717, 1.165) is 0 Å². The van der Waals surface area contributed by atoms with Gasteiger partial charge in [-0.3, -0.25) is 0 Å². The van der Waals surface area contributed by atoms with Crippen LogP contribution in [0.15, 0.2) is 21.5 Å². The largest absolute Gasteiger partial charge is 0.393 e. The summed E-state index contributed by atoms with van der Waals surface area (Å²) in [6.07, 6.45) is 0.0916. The van der Waals surface area contributed by atoms with Crippen molar-refractivity contribution in [1.29, 1.82) is 0 Å². The van der Waals surface area contributed by atoms with E-state index in [9.17, 15) is 13.5 Å². The van der Waals surface area contributed by atoms with Gasteiger partial charge in [0.25, 0.3) is 0 Å². The summed E-state index contributed by atoms with van der Waals surface area (Å²) in [6.45, 7) is 2.31. The lowest BCUT2D eigenvalue weighted by atomic mass is 10.0. The van der Waals surface area contributed by atoms with Crippen molar-refractivity contribution in [3.63, 3.8) is 0 Å². The Morgan fingerprint density at radius 3 is 2.40 bits per heavy atom. The second kappa shape index (κ2) is 6.10. The van der Waals surface area contributed by atoms with E-state index in [4.69, 9.17) is 23.2 Å². The molecule has 0 amide bonds. The number of sulfonamides is 1. The molecule has 0 saturated carbocycles. The summed E-state index contributed by atoms with van der Waals surface area (Å²) in [6, 6.07) is 3.01. The first kappa shape index (κ1) is 16.5. The van der Waals surface area contributed by atoms with E-state index in [1.165, 1.54) is 16.4 Å². The molecule has 1 heterocycles. The van der Waals surface area contributed by atoms with E-state index in [1.807, 2.05) is 0 Å². The smallest absolute Gasteiger partial charge is 0.246 e. The molecule has 1 aromatic carbocycles. The maximum Gasteiger partial charge on any atom is 0.246 e. The Bertz CT molecular complexity index is 598. The first-order valence-corrected chi connectivity index (χ1v) is 9.05. The molecule has 1 fully saturated rings. The van der Waals surface area contributed by atoms with Gasteiger partial charge in [0.2, 0.25) is 10.0 Å². The van der Waals surface area contributed by atoms with Crippen LogP contribution in [-0.4, -0.2) is 37.0 Å². The molecular formula is C12H14BrCl2NO3S. The molecule has 112 valence electrons. The highest BCUT2D eigenvalue weighted by Crippen LogP contribution is 2.36. The molecule has 20 heavy (non-hydrogen) atoms. The SMILES string of the molecule is CC(O)C1CCN(S(=O)(=O)c2c(Cl)cc(Br)cc2Cl)C1. The molecule has 0 aromatic heterocycles. The van der Waals surface area contributed by atoms with Crippen molar-refractivity contribution in [2.24, 2.45) is 5.92 Å². The summed E-state index contributed by atoms with van der Waals surface area (Å²) in [4.78, 5) is -0.0738. The van der Waals surface area contributed by atoms with Gasteiger partial charge in [-0.2, -0.15) is 4.31 Å². The van der Waals surface area contributed by atoms with E-state index in [2.05, 4.69) is 15.9 Å². The average molecular weight is 403 g/mol. The number of aliphatic hydroxyl groups excluding tert-OH is 1. The number of hydrogen-bond donors (Lipinski definition) is 1. The van der Waals surface area contributed by atoms with Crippen molar-refractivity contribution in [3.05, 3.63) is 26.7 Å². The van der Waals surface area contributed by atoms with Crippen LogP contribution in [0.5, 0.6) is 0 Å². The molecule has 1 N–H and O–H groups in total. The fourth-order valence-corrected chi connectivity index (χ4v) is 5.67. The molecule has 1 saturated heterocycles. The topological polar surface area (TPSA) is 57.6 Å². The van der Waals surface area contributed by atoms with Crippen LogP contribution < -0.4 is 0 Å². The van der Waals surface area contributed by atoms with Gasteiger partial charge in [-0.1, -0.05) is 39.1 Å². The minimum atomic E-state index is -3.75. The Labute approximate surface area is 136 Å². The van der Waals surface area contributed by atoms with E-state index < -0.39 is 16.1 Å². The average Bonchev–Trinajstić information content (AvgIpc) is 2.76. The van der Waals surface area contributed by atoms with Crippen molar-refractivity contribution in [1.82, 2.24) is 4.31 Å². The summed E-state index contributed by atoms with van der Waals surface area (Å²) in [5.74, 6) is -0.0576. The highest BCUT2D eigenvalue weighted by atomic mass is 79.9. The Kier molecular flexibility index (Phi) is 5.04. The first-order valence-electron chi connectivity index (χ1n) is 6.06. The monoisotopic (exact) mass is 401 g/mol. The number of aliphatic hydroxyl groups is 1. The quantitative estimate of drug-likeness (QED) is 0.844. The number of nitrogens with zero attached hydrogens (tertiary/aromatic N) is 1. The zero-order chi connectivity index (χ0) is 15.1. The van der Waals surface area contributed by atoms with Crippen molar-refractivity contribution in [3.8, 4) is 0 Å². The van der Waals surface area contributed by atoms with E-state index in [-0.39, 0.29) is 27.4 Å².